The molecule has 1 N–H and O–H groups in total. The molecule has 1 aromatic heterocycles. The molecule has 1 aromatic carbocycles. The molecule has 0 unspecified atom stereocenters. The molecule has 0 bridgehead atoms. The Hall–Kier alpha value is -1.88. The highest BCUT2D eigenvalue weighted by Gasteiger charge is 2.12. The molecule has 0 atom stereocenters. The molecular formula is C12H15N3O2. The number of rotatable bonds is 4. The summed E-state index contributed by atoms with van der Waals surface area (Å²) in [6.45, 7) is 0.533. The lowest BCUT2D eigenvalue weighted by Crippen LogP contribution is -3.04. The molecule has 5 nitrogen and oxygen atoms in total. The van der Waals surface area contributed by atoms with Gasteiger partial charge in [-0.1, -0.05) is 12.1 Å². The van der Waals surface area contributed by atoms with Crippen LogP contribution in [0.25, 0.3) is 11.0 Å². The Morgan fingerprint density at radius 2 is 2.12 bits per heavy atom. The molecule has 90 valence electrons. The van der Waals surface area contributed by atoms with E-state index < -0.39 is 5.97 Å². The van der Waals surface area contributed by atoms with E-state index in [1.54, 1.807) is 4.57 Å². The van der Waals surface area contributed by atoms with Crippen molar-refractivity contribution < 1.29 is 14.8 Å². The smallest absolute Gasteiger partial charge is 0.165 e. The normalized spacial score (nSPS) is 11.2. The van der Waals surface area contributed by atoms with Crippen molar-refractivity contribution in [3.8, 4) is 0 Å². The maximum Gasteiger partial charge on any atom is 0.165 e. The highest BCUT2D eigenvalue weighted by atomic mass is 16.4. The number of quaternary nitrogens is 1. The van der Waals surface area contributed by atoms with Gasteiger partial charge in [0.1, 0.15) is 6.54 Å². The minimum absolute atomic E-state index is 0.150. The Morgan fingerprint density at radius 1 is 1.41 bits per heavy atom. The van der Waals surface area contributed by atoms with Gasteiger partial charge in [-0.2, -0.15) is 0 Å². The summed E-state index contributed by atoms with van der Waals surface area (Å²) >= 11 is 0. The summed E-state index contributed by atoms with van der Waals surface area (Å²) in [5.41, 5.74) is 1.66. The number of hydrogen-bond acceptors (Lipinski definition) is 3. The number of benzene rings is 1. The van der Waals surface area contributed by atoms with Crippen LogP contribution in [0.5, 0.6) is 0 Å². The van der Waals surface area contributed by atoms with Crippen molar-refractivity contribution in [2.45, 2.75) is 13.1 Å². The molecule has 0 spiro atoms. The van der Waals surface area contributed by atoms with Gasteiger partial charge < -0.3 is 19.4 Å². The second kappa shape index (κ2) is 4.55. The van der Waals surface area contributed by atoms with Gasteiger partial charge in [0.2, 0.25) is 0 Å². The Kier molecular flexibility index (Phi) is 3.10. The number of carbonyl (C=O) groups is 1. The van der Waals surface area contributed by atoms with Crippen LogP contribution in [-0.2, 0) is 17.9 Å². The van der Waals surface area contributed by atoms with Gasteiger partial charge in [-0.15, -0.1) is 0 Å². The lowest BCUT2D eigenvalue weighted by atomic mass is 10.3. The largest absolute Gasteiger partial charge is 0.548 e. The topological polar surface area (TPSA) is 62.4 Å². The van der Waals surface area contributed by atoms with E-state index in [2.05, 4.69) is 4.98 Å². The molecule has 0 amide bonds. The van der Waals surface area contributed by atoms with Gasteiger partial charge in [-0.25, -0.2) is 4.98 Å². The SMILES string of the molecule is C[NH+](C)Cc1nc2ccccc2n1CC(=O)[O-]. The van der Waals surface area contributed by atoms with Crippen molar-refractivity contribution in [1.82, 2.24) is 9.55 Å². The molecule has 0 saturated carbocycles. The van der Waals surface area contributed by atoms with Gasteiger partial charge in [-0.3, -0.25) is 0 Å². The van der Waals surface area contributed by atoms with E-state index in [0.29, 0.717) is 6.54 Å². The number of imidazole rings is 1. The molecule has 17 heavy (non-hydrogen) atoms. The lowest BCUT2D eigenvalue weighted by Gasteiger charge is -2.11. The molecule has 0 saturated heterocycles. The third kappa shape index (κ3) is 2.45. The second-order valence-corrected chi connectivity index (χ2v) is 4.36. The Bertz CT molecular complexity index is 546. The van der Waals surface area contributed by atoms with Crippen molar-refractivity contribution in [3.63, 3.8) is 0 Å². The summed E-state index contributed by atoms with van der Waals surface area (Å²) in [5, 5.41) is 10.8. The van der Waals surface area contributed by atoms with Crippen LogP contribution in [-0.4, -0.2) is 29.6 Å². The average molecular weight is 233 g/mol. The van der Waals surface area contributed by atoms with E-state index in [4.69, 9.17) is 0 Å². The van der Waals surface area contributed by atoms with Crippen LogP contribution in [0.3, 0.4) is 0 Å². The zero-order valence-corrected chi connectivity index (χ0v) is 9.93. The summed E-state index contributed by atoms with van der Waals surface area (Å²) in [6, 6.07) is 7.53. The summed E-state index contributed by atoms with van der Waals surface area (Å²) in [7, 11) is 4.01. The van der Waals surface area contributed by atoms with E-state index in [1.807, 2.05) is 38.4 Å². The van der Waals surface area contributed by atoms with Crippen molar-refractivity contribution in [1.29, 1.82) is 0 Å². The Morgan fingerprint density at radius 3 is 2.76 bits per heavy atom. The number of fused-ring (bicyclic) bond motifs is 1. The highest BCUT2D eigenvalue weighted by molar-refractivity contribution is 5.77. The fourth-order valence-electron chi connectivity index (χ4n) is 1.88. The van der Waals surface area contributed by atoms with Crippen molar-refractivity contribution in [2.24, 2.45) is 0 Å². The third-order valence-electron chi connectivity index (χ3n) is 2.53. The second-order valence-electron chi connectivity index (χ2n) is 4.36. The standard InChI is InChI=1S/C12H15N3O2/c1-14(2)7-11-13-9-5-3-4-6-10(9)15(11)8-12(16)17/h3-6H,7-8H2,1-2H3,(H,16,17). The van der Waals surface area contributed by atoms with E-state index in [1.165, 1.54) is 4.90 Å². The molecule has 2 rings (SSSR count). The van der Waals surface area contributed by atoms with Gasteiger partial charge in [0.05, 0.1) is 37.6 Å². The van der Waals surface area contributed by atoms with E-state index in [0.717, 1.165) is 16.9 Å². The predicted octanol–water partition coefficient (Wildman–Crippen LogP) is -1.57. The molecule has 2 aromatic rings. The lowest BCUT2D eigenvalue weighted by molar-refractivity contribution is -0.873. The monoisotopic (exact) mass is 233 g/mol. The summed E-state index contributed by atoms with van der Waals surface area (Å²) in [5.74, 6) is -0.321. The zero-order chi connectivity index (χ0) is 12.4. The van der Waals surface area contributed by atoms with Crippen LogP contribution >= 0.6 is 0 Å². The summed E-state index contributed by atoms with van der Waals surface area (Å²) in [4.78, 5) is 16.4. The molecule has 0 radical (unpaired) electrons. The van der Waals surface area contributed by atoms with Crippen LogP contribution in [0.1, 0.15) is 5.82 Å². The first-order valence-corrected chi connectivity index (χ1v) is 5.51. The number of hydrogen-bond donors (Lipinski definition) is 1. The Balaban J connectivity index is 2.52. The maximum absolute atomic E-state index is 10.8. The summed E-state index contributed by atoms with van der Waals surface area (Å²) in [6.07, 6.45) is 0. The van der Waals surface area contributed by atoms with E-state index >= 15 is 0 Å². The first-order valence-electron chi connectivity index (χ1n) is 5.51. The van der Waals surface area contributed by atoms with Crippen molar-refractivity contribution in [2.75, 3.05) is 14.1 Å². The molecular weight excluding hydrogens is 218 g/mol. The van der Waals surface area contributed by atoms with Crippen LogP contribution in [0.2, 0.25) is 0 Å². The number of carboxylic acid groups (broad SMARTS) is 1. The van der Waals surface area contributed by atoms with Gasteiger partial charge in [0, 0.05) is 0 Å². The molecule has 0 aliphatic carbocycles. The van der Waals surface area contributed by atoms with Gasteiger partial charge in [0.25, 0.3) is 0 Å². The van der Waals surface area contributed by atoms with Gasteiger partial charge in [0.15, 0.2) is 5.82 Å². The predicted molar refractivity (Wildman–Crippen MR) is 61.3 cm³/mol. The molecule has 5 heteroatoms. The number of nitrogens with zero attached hydrogens (tertiary/aromatic N) is 2. The first kappa shape index (κ1) is 11.6. The maximum atomic E-state index is 10.8. The highest BCUT2D eigenvalue weighted by Crippen LogP contribution is 2.15. The van der Waals surface area contributed by atoms with Crippen LogP contribution in [0.15, 0.2) is 24.3 Å². The average Bonchev–Trinajstić information content (AvgIpc) is 2.55. The van der Waals surface area contributed by atoms with E-state index in [9.17, 15) is 9.90 Å². The fraction of sp³-hybridized carbons (Fsp3) is 0.333. The molecule has 1 heterocycles. The number of nitrogens with one attached hydrogen (secondary N) is 1. The molecule has 0 aliphatic rings. The quantitative estimate of drug-likeness (QED) is 0.694. The fourth-order valence-corrected chi connectivity index (χ4v) is 1.88. The van der Waals surface area contributed by atoms with Crippen LogP contribution in [0.4, 0.5) is 0 Å². The van der Waals surface area contributed by atoms with Crippen LogP contribution < -0.4 is 10.0 Å². The number of aliphatic carboxylic acids is 1. The first-order chi connectivity index (χ1) is 8.08. The minimum Gasteiger partial charge on any atom is -0.548 e. The van der Waals surface area contributed by atoms with Crippen LogP contribution in [0, 0.1) is 0 Å². The van der Waals surface area contributed by atoms with Crippen molar-refractivity contribution in [3.05, 3.63) is 30.1 Å². The summed E-state index contributed by atoms with van der Waals surface area (Å²) < 4.78 is 1.71. The van der Waals surface area contributed by atoms with Gasteiger partial charge in [-0.05, 0) is 12.1 Å². The third-order valence-corrected chi connectivity index (χ3v) is 2.53. The number of carbonyl (C=O) groups excluding carboxylic acids is 1. The molecule has 0 aliphatic heterocycles. The number of carboxylic acids is 1. The van der Waals surface area contributed by atoms with E-state index in [-0.39, 0.29) is 6.54 Å². The zero-order valence-electron chi connectivity index (χ0n) is 9.93. The molecule has 0 fully saturated rings. The number of para-hydroxylation sites is 2. The minimum atomic E-state index is -1.09. The number of aromatic nitrogens is 2. The Labute approximate surface area is 99.3 Å². The van der Waals surface area contributed by atoms with Gasteiger partial charge >= 0.3 is 0 Å². The van der Waals surface area contributed by atoms with Crippen molar-refractivity contribution >= 4 is 17.0 Å².